The molecular weight excluding hydrogens is 547 g/mol. The average Bonchev–Trinajstić information content (AvgIpc) is 2.81. The summed E-state index contributed by atoms with van der Waals surface area (Å²) in [6.07, 6.45) is 0.326. The molecule has 1 atom stereocenters. The van der Waals surface area contributed by atoms with E-state index in [4.69, 9.17) is 11.6 Å². The van der Waals surface area contributed by atoms with Gasteiger partial charge in [-0.2, -0.15) is 0 Å². The first-order chi connectivity index (χ1) is 16.1. The van der Waals surface area contributed by atoms with Crippen LogP contribution in [0.25, 0.3) is 0 Å². The van der Waals surface area contributed by atoms with Gasteiger partial charge in [0.15, 0.2) is 0 Å². The highest BCUT2D eigenvalue weighted by atomic mass is 79.9. The molecule has 0 saturated heterocycles. The number of anilines is 1. The number of nitrogens with one attached hydrogen (secondary N) is 2. The summed E-state index contributed by atoms with van der Waals surface area (Å²) < 4.78 is 41.8. The molecule has 3 aromatic rings. The molecule has 3 N–H and O–H groups in total. The second kappa shape index (κ2) is 11.8. The van der Waals surface area contributed by atoms with Gasteiger partial charge in [-0.25, -0.2) is 22.3 Å². The minimum Gasteiger partial charge on any atom is -0.478 e. The van der Waals surface area contributed by atoms with E-state index in [1.165, 1.54) is 30.3 Å². The van der Waals surface area contributed by atoms with Crippen molar-refractivity contribution in [3.8, 4) is 0 Å². The molecular formula is C24H23BrClFN2O4S. The number of hydrogen-bond donors (Lipinski definition) is 3. The van der Waals surface area contributed by atoms with E-state index in [-0.39, 0.29) is 28.8 Å². The average molecular weight is 570 g/mol. The van der Waals surface area contributed by atoms with Crippen LogP contribution in [-0.4, -0.2) is 31.8 Å². The maximum absolute atomic E-state index is 13.3. The quantitative estimate of drug-likeness (QED) is 0.278. The lowest BCUT2D eigenvalue weighted by Crippen LogP contribution is -2.27. The van der Waals surface area contributed by atoms with Gasteiger partial charge in [0, 0.05) is 29.2 Å². The van der Waals surface area contributed by atoms with Crippen LogP contribution in [-0.2, 0) is 16.6 Å². The van der Waals surface area contributed by atoms with E-state index in [1.54, 1.807) is 6.07 Å². The molecule has 34 heavy (non-hydrogen) atoms. The van der Waals surface area contributed by atoms with E-state index in [9.17, 15) is 22.7 Å². The van der Waals surface area contributed by atoms with Gasteiger partial charge in [-0.3, -0.25) is 0 Å². The highest BCUT2D eigenvalue weighted by Gasteiger charge is 2.18. The van der Waals surface area contributed by atoms with E-state index in [0.717, 1.165) is 5.56 Å². The summed E-state index contributed by atoms with van der Waals surface area (Å²) >= 11 is 9.18. The van der Waals surface area contributed by atoms with E-state index in [2.05, 4.69) is 26.0 Å². The SMILES string of the molecule is O=C(O)c1ccc(Br)c(NCC(CCS(=O)(=O)NCc2ccc(F)c(Cl)c2)c2ccccc2)c1. The highest BCUT2D eigenvalue weighted by molar-refractivity contribution is 9.10. The molecule has 0 aliphatic heterocycles. The molecule has 0 aromatic heterocycles. The molecule has 0 bridgehead atoms. The lowest BCUT2D eigenvalue weighted by Gasteiger charge is -2.20. The van der Waals surface area contributed by atoms with Crippen LogP contribution < -0.4 is 10.0 Å². The first kappa shape index (κ1) is 26.2. The first-order valence-corrected chi connectivity index (χ1v) is 13.2. The maximum Gasteiger partial charge on any atom is 0.335 e. The summed E-state index contributed by atoms with van der Waals surface area (Å²) in [6.45, 7) is 0.403. The standard InChI is InChI=1S/C24H23BrClFN2O4S/c25-20-8-7-18(24(30)31)13-23(20)28-15-19(17-4-2-1-3-5-17)10-11-34(32,33)29-14-16-6-9-22(27)21(26)12-16/h1-9,12-13,19,28-29H,10-11,14-15H2,(H,30,31). The number of halogens is 3. The zero-order chi connectivity index (χ0) is 24.7. The molecule has 10 heteroatoms. The normalized spacial score (nSPS) is 12.3. The second-order valence-corrected chi connectivity index (χ2v) is 10.9. The summed E-state index contributed by atoms with van der Waals surface area (Å²) in [6, 6.07) is 18.2. The zero-order valence-electron chi connectivity index (χ0n) is 18.0. The third-order valence-electron chi connectivity index (χ3n) is 5.24. The van der Waals surface area contributed by atoms with Gasteiger partial charge in [0.1, 0.15) is 5.82 Å². The number of carboxylic acid groups (broad SMARTS) is 1. The molecule has 0 aliphatic carbocycles. The highest BCUT2D eigenvalue weighted by Crippen LogP contribution is 2.27. The fourth-order valence-electron chi connectivity index (χ4n) is 3.35. The Hall–Kier alpha value is -2.46. The van der Waals surface area contributed by atoms with E-state index >= 15 is 0 Å². The summed E-state index contributed by atoms with van der Waals surface area (Å²) in [4.78, 5) is 11.3. The van der Waals surface area contributed by atoms with Gasteiger partial charge in [0.2, 0.25) is 10.0 Å². The van der Waals surface area contributed by atoms with Gasteiger partial charge in [-0.15, -0.1) is 0 Å². The maximum atomic E-state index is 13.3. The zero-order valence-corrected chi connectivity index (χ0v) is 21.1. The predicted octanol–water partition coefficient (Wildman–Crippen LogP) is 5.65. The summed E-state index contributed by atoms with van der Waals surface area (Å²) in [7, 11) is -3.62. The molecule has 0 amide bonds. The summed E-state index contributed by atoms with van der Waals surface area (Å²) in [5.41, 5.74) is 2.27. The number of aromatic carboxylic acids is 1. The van der Waals surface area contributed by atoms with Crippen molar-refractivity contribution in [1.82, 2.24) is 4.72 Å². The Morgan fingerprint density at radius 3 is 2.50 bits per heavy atom. The molecule has 1 unspecified atom stereocenters. The topological polar surface area (TPSA) is 95.5 Å². The third kappa shape index (κ3) is 7.53. The Labute approximate surface area is 211 Å². The lowest BCUT2D eigenvalue weighted by atomic mass is 9.96. The van der Waals surface area contributed by atoms with Gasteiger partial charge in [0.25, 0.3) is 0 Å². The van der Waals surface area contributed by atoms with Crippen LogP contribution in [0.15, 0.2) is 71.2 Å². The largest absolute Gasteiger partial charge is 0.478 e. The molecule has 0 radical (unpaired) electrons. The molecule has 0 saturated carbocycles. The van der Waals surface area contributed by atoms with Crippen LogP contribution in [0.1, 0.15) is 33.8 Å². The van der Waals surface area contributed by atoms with Gasteiger partial charge < -0.3 is 10.4 Å². The summed E-state index contributed by atoms with van der Waals surface area (Å²) in [5, 5.41) is 12.4. The monoisotopic (exact) mass is 568 g/mol. The van der Waals surface area contributed by atoms with Crippen LogP contribution in [0.3, 0.4) is 0 Å². The van der Waals surface area contributed by atoms with Crippen molar-refractivity contribution < 1.29 is 22.7 Å². The van der Waals surface area contributed by atoms with Crippen molar-refractivity contribution in [2.75, 3.05) is 17.6 Å². The Kier molecular flexibility index (Phi) is 9.07. The fraction of sp³-hybridized carbons (Fsp3) is 0.208. The number of carbonyl (C=O) groups is 1. The summed E-state index contributed by atoms with van der Waals surface area (Å²) in [5.74, 6) is -1.88. The molecule has 3 rings (SSSR count). The first-order valence-electron chi connectivity index (χ1n) is 10.4. The number of carboxylic acids is 1. The van der Waals surface area contributed by atoms with Crippen molar-refractivity contribution in [2.24, 2.45) is 0 Å². The van der Waals surface area contributed by atoms with Gasteiger partial charge in [-0.05, 0) is 63.8 Å². The molecule has 0 heterocycles. The van der Waals surface area contributed by atoms with Crippen molar-refractivity contribution in [1.29, 1.82) is 0 Å². The van der Waals surface area contributed by atoms with Crippen LogP contribution in [0.5, 0.6) is 0 Å². The minimum atomic E-state index is -3.62. The van der Waals surface area contributed by atoms with Crippen molar-refractivity contribution in [3.05, 3.63) is 98.7 Å². The number of benzene rings is 3. The molecule has 0 spiro atoms. The molecule has 0 aliphatic rings. The van der Waals surface area contributed by atoms with Gasteiger partial charge in [0.05, 0.1) is 16.3 Å². The van der Waals surface area contributed by atoms with Crippen molar-refractivity contribution in [2.45, 2.75) is 18.9 Å². The van der Waals surface area contributed by atoms with Crippen LogP contribution >= 0.6 is 27.5 Å². The van der Waals surface area contributed by atoms with Crippen LogP contribution in [0.4, 0.5) is 10.1 Å². The van der Waals surface area contributed by atoms with E-state index < -0.39 is 21.8 Å². The van der Waals surface area contributed by atoms with Gasteiger partial charge >= 0.3 is 5.97 Å². The Bertz CT molecular complexity index is 1260. The van der Waals surface area contributed by atoms with Crippen LogP contribution in [0.2, 0.25) is 5.02 Å². The van der Waals surface area contributed by atoms with E-state index in [0.29, 0.717) is 28.7 Å². The molecule has 6 nitrogen and oxygen atoms in total. The second-order valence-electron chi connectivity index (χ2n) is 7.67. The van der Waals surface area contributed by atoms with Crippen LogP contribution in [0, 0.1) is 5.82 Å². The van der Waals surface area contributed by atoms with Crippen molar-refractivity contribution >= 4 is 49.2 Å². The Balaban J connectivity index is 1.67. The lowest BCUT2D eigenvalue weighted by molar-refractivity contribution is 0.0697. The Morgan fingerprint density at radius 1 is 1.09 bits per heavy atom. The number of rotatable bonds is 11. The molecule has 180 valence electrons. The predicted molar refractivity (Wildman–Crippen MR) is 135 cm³/mol. The van der Waals surface area contributed by atoms with Gasteiger partial charge in [-0.1, -0.05) is 48.0 Å². The third-order valence-corrected chi connectivity index (χ3v) is 7.58. The smallest absolute Gasteiger partial charge is 0.335 e. The minimum absolute atomic E-state index is 0.00547. The Morgan fingerprint density at radius 2 is 1.82 bits per heavy atom. The molecule has 3 aromatic carbocycles. The number of hydrogen-bond acceptors (Lipinski definition) is 4. The number of sulfonamides is 1. The molecule has 0 fully saturated rings. The fourth-order valence-corrected chi connectivity index (χ4v) is 5.07. The van der Waals surface area contributed by atoms with E-state index in [1.807, 2.05) is 30.3 Å². The van der Waals surface area contributed by atoms with Crippen molar-refractivity contribution in [3.63, 3.8) is 0 Å².